The molecule has 12 heterocycles. The molecule has 0 bridgehead atoms. The van der Waals surface area contributed by atoms with Gasteiger partial charge in [-0.25, -0.2) is 15.0 Å². The van der Waals surface area contributed by atoms with Gasteiger partial charge < -0.3 is 88.5 Å². The minimum atomic E-state index is -4.39. The van der Waals surface area contributed by atoms with Crippen molar-refractivity contribution in [2.75, 3.05) is 72.4 Å². The molecule has 11 aromatic carbocycles. The summed E-state index contributed by atoms with van der Waals surface area (Å²) in [6.07, 6.45) is 7.69. The topological polar surface area (TPSA) is 351 Å². The Kier molecular flexibility index (Phi) is 38.4. The molecule has 36 heteroatoms. The van der Waals surface area contributed by atoms with Gasteiger partial charge in [0.1, 0.15) is 84.5 Å². The standard InChI is InChI=1S/C24H18F3N3O2.C24H21N3O2.2C16H15NO2.C9H8BrNO2.C9H7BrO2.C8H7ClN2.C7H9BO2.N3.Na/c25-24(26,27)18-7-4-16(5-8-18)17-6-9-21-20(13-17)23(31)30(11-12-32-21)15-19-14-29-10-2-1-3-22(29)28-19;1-17-5-7-18(8-6-17)19-9-10-22-21(14-19)24(28)27(12-13-29-22)16-20-15-26-11-3-2-4-23(26)25-20;2*1-11-2-4-12(5-3-11)13-6-7-15-14(10-13)16(18)17-8-9-19-15;10-6-1-2-8-7(5-6)9(12)11-3-4-13-8;10-6-1-2-9-7(5-6)8(11)3-4-12-9;9-5-7-6-11-4-2-1-3-8(11)10-7;1-6-2-4-7(5-3-6)8(9)10;1-3-2;/h1-10,13-14H,11-12,15H2;2-11,14-15H,12-13,16H2,1H3;2*2-7,10H,8-9H2,1H3,(H,17,18);1-2,5H,3-4H2,(H,11,12);1-2,5H,3-4H2;1-4,6H,5H2;2-5,9-10H,1H3;;/q;;;;;;;;-1;+1. The molecule has 6 aliphatic heterocycles. The van der Waals surface area contributed by atoms with Crippen molar-refractivity contribution in [1.82, 2.24) is 53.9 Å². The molecule has 6 aromatic heterocycles. The predicted molar refractivity (Wildman–Crippen MR) is 570 cm³/mol. The van der Waals surface area contributed by atoms with Crippen LogP contribution in [0.5, 0.6) is 34.5 Å². The van der Waals surface area contributed by atoms with Gasteiger partial charge in [0, 0.05) is 52.5 Å². The van der Waals surface area contributed by atoms with Gasteiger partial charge in [0.05, 0.1) is 114 Å². The van der Waals surface area contributed by atoms with Gasteiger partial charge in [0.15, 0.2) is 5.78 Å². The summed E-state index contributed by atoms with van der Waals surface area (Å²) < 4.78 is 79.6. The Labute approximate surface area is 901 Å². The van der Waals surface area contributed by atoms with E-state index in [-0.39, 0.29) is 64.9 Å². The van der Waals surface area contributed by atoms with Crippen LogP contribution in [-0.2, 0) is 25.1 Å². The number of Topliss-reactive ketones (excluding diaryl/α,β-unsaturated/α-hetero) is 1. The summed E-state index contributed by atoms with van der Waals surface area (Å²) >= 11 is 12.2. The first kappa shape index (κ1) is 109. The minimum Gasteiger partial charge on any atom is -0.492 e. The van der Waals surface area contributed by atoms with Crippen LogP contribution in [-0.4, -0.2) is 163 Å². The van der Waals surface area contributed by atoms with Crippen LogP contribution in [0.15, 0.2) is 331 Å². The van der Waals surface area contributed by atoms with Crippen molar-refractivity contribution in [2.45, 2.75) is 59.3 Å². The number of pyridine rings is 3. The van der Waals surface area contributed by atoms with E-state index < -0.39 is 18.9 Å². The molecule has 0 fully saturated rings. The number of rotatable bonds is 10. The van der Waals surface area contributed by atoms with E-state index >= 15 is 0 Å². The summed E-state index contributed by atoms with van der Waals surface area (Å²) in [5.41, 5.74) is 34.3. The maximum atomic E-state index is 13.3. The molecule has 0 unspecified atom stereocenters. The second kappa shape index (κ2) is 52.3. The van der Waals surface area contributed by atoms with Gasteiger partial charge in [0.25, 0.3) is 29.5 Å². The van der Waals surface area contributed by atoms with E-state index in [0.717, 1.165) is 94.0 Å². The number of amides is 5. The molecule has 23 rings (SSSR count). The first-order valence-electron chi connectivity index (χ1n) is 47.1. The van der Waals surface area contributed by atoms with Gasteiger partial charge in [-0.1, -0.05) is 206 Å². The fraction of sp³-hybridized carbons (Fsp3) is 0.177. The average molecular weight is 2160 g/mol. The number of ether oxygens (including phenoxy) is 6. The molecule has 0 saturated heterocycles. The summed E-state index contributed by atoms with van der Waals surface area (Å²) in [4.78, 5) is 91.7. The van der Waals surface area contributed by atoms with E-state index in [1.807, 2.05) is 202 Å². The van der Waals surface area contributed by atoms with Crippen LogP contribution in [0.4, 0.5) is 13.2 Å². The predicted octanol–water partition coefficient (Wildman–Crippen LogP) is 18.6. The number of imidazole rings is 3. The van der Waals surface area contributed by atoms with E-state index in [9.17, 15) is 41.9 Å². The molecule has 5 amide bonds. The third-order valence-corrected chi connectivity index (χ3v) is 25.1. The van der Waals surface area contributed by atoms with Crippen molar-refractivity contribution in [3.8, 4) is 79.0 Å². The molecule has 17 aromatic rings. The van der Waals surface area contributed by atoms with Crippen LogP contribution >= 0.6 is 43.5 Å². The van der Waals surface area contributed by atoms with Crippen LogP contribution in [0.25, 0.3) is 77.4 Å². The number of aryl methyl sites for hydroxylation is 4. The molecule has 28 nitrogen and oxygen atoms in total. The smallest absolute Gasteiger partial charge is 0.492 e. The molecule has 0 spiro atoms. The SMILES string of the molecule is Cc1ccc(-c2ccc3c(c2)C(=O)N(Cc2cn4ccccc4n2)CCO3)cc1.Cc1ccc(-c2ccc3c(c2)C(=O)NCCO3)cc1.Cc1ccc(-c2ccc3c(c2)C(=O)NCCO3)cc1.Cc1ccc(B(O)O)cc1.ClCc1cn2ccccc2n1.O=C1CCOc2ccc(Br)cc21.O=C1NCCOc2ccc(Br)cc21.O=C1c2cc(-c3ccc(C(F)(F)F)cc3)ccc2OCCN1Cc1cn2ccccc2n1.[N-]=[N+]=[N-].[Na+]. The molecule has 6 aliphatic rings. The normalized spacial score (nSPS) is 13.4. The van der Waals surface area contributed by atoms with Gasteiger partial charge in [-0.15, -0.1) is 11.6 Å². The van der Waals surface area contributed by atoms with Crippen LogP contribution in [0, 0.1) is 27.7 Å². The number of alkyl halides is 4. The van der Waals surface area contributed by atoms with E-state index in [2.05, 4.69) is 156 Å². The third kappa shape index (κ3) is 29.6. The van der Waals surface area contributed by atoms with Crippen LogP contribution in [0.1, 0.15) is 113 Å². The molecular formula is C113H100BBr2ClF3N14NaO14. The van der Waals surface area contributed by atoms with Crippen molar-refractivity contribution in [2.24, 2.45) is 0 Å². The minimum absolute atomic E-state index is 0. The Balaban J connectivity index is 0.000000138. The molecule has 0 radical (unpaired) electrons. The van der Waals surface area contributed by atoms with Crippen LogP contribution in [0.2, 0.25) is 0 Å². The number of nitrogens with one attached hydrogen (secondary N) is 3. The quantitative estimate of drug-likeness (QED) is 0.0279. The molecular weight excluding hydrogens is 2060 g/mol. The van der Waals surface area contributed by atoms with Crippen molar-refractivity contribution >= 4 is 108 Å². The largest absolute Gasteiger partial charge is 1.00 e. The second-order valence-electron chi connectivity index (χ2n) is 34.4. The van der Waals surface area contributed by atoms with Crippen LogP contribution in [0.3, 0.4) is 0 Å². The Morgan fingerprint density at radius 3 is 1.03 bits per heavy atom. The second-order valence-corrected chi connectivity index (χ2v) is 36.5. The Bertz CT molecular complexity index is 7420. The number of ketones is 1. The Hall–Kier alpha value is -15.4. The summed E-state index contributed by atoms with van der Waals surface area (Å²) in [7, 11) is -1.35. The molecule has 752 valence electrons. The molecule has 0 aliphatic carbocycles. The molecule has 0 atom stereocenters. The number of aromatic nitrogens is 6. The number of benzene rings is 11. The van der Waals surface area contributed by atoms with Crippen molar-refractivity contribution in [3.63, 3.8) is 0 Å². The van der Waals surface area contributed by atoms with Crippen molar-refractivity contribution in [1.29, 1.82) is 0 Å². The maximum Gasteiger partial charge on any atom is 1.00 e. The van der Waals surface area contributed by atoms with E-state index in [4.69, 9.17) is 61.1 Å². The zero-order chi connectivity index (χ0) is 104. The van der Waals surface area contributed by atoms with Crippen molar-refractivity contribution in [3.05, 3.63) is 425 Å². The first-order chi connectivity index (χ1) is 71.6. The molecule has 5 N–H and O–H groups in total. The number of halogens is 6. The monoisotopic (exact) mass is 2160 g/mol. The number of hydrogen-bond acceptors (Lipinski definition) is 17. The first-order valence-corrected chi connectivity index (χ1v) is 49.2. The molecule has 149 heavy (non-hydrogen) atoms. The number of carbonyl (C=O) groups excluding carboxylic acids is 6. The average Bonchev–Trinajstić information content (AvgIpc) is 1.48. The number of hydrogen-bond donors (Lipinski definition) is 5. The number of nitrogens with zero attached hydrogens (tertiary/aromatic N) is 11. The fourth-order valence-corrected chi connectivity index (χ4v) is 17.0. The number of carbonyl (C=O) groups is 6. The summed E-state index contributed by atoms with van der Waals surface area (Å²) in [6, 6.07) is 87.6. The Morgan fingerprint density at radius 1 is 0.383 bits per heavy atom. The number of fused-ring (bicyclic) bond motifs is 9. The van der Waals surface area contributed by atoms with Gasteiger partial charge in [-0.05, 0) is 211 Å². The van der Waals surface area contributed by atoms with E-state index in [1.54, 1.807) is 53.4 Å². The zero-order valence-electron chi connectivity index (χ0n) is 81.8. The third-order valence-electron chi connectivity index (χ3n) is 23.8. The fourth-order valence-electron chi connectivity index (χ4n) is 16.1. The van der Waals surface area contributed by atoms with Crippen molar-refractivity contribution < 1.29 is 110 Å². The van der Waals surface area contributed by atoms with Gasteiger partial charge in [0.2, 0.25) is 0 Å². The van der Waals surface area contributed by atoms with Gasteiger partial charge in [-0.2, -0.15) is 13.2 Å². The van der Waals surface area contributed by atoms with Gasteiger partial charge >= 0.3 is 42.9 Å². The summed E-state index contributed by atoms with van der Waals surface area (Å²) in [6.45, 7) is 14.4. The zero-order valence-corrected chi connectivity index (χ0v) is 87.7. The molecule has 0 saturated carbocycles. The van der Waals surface area contributed by atoms with E-state index in [1.165, 1.54) is 33.7 Å². The Morgan fingerprint density at radius 2 is 0.678 bits per heavy atom. The maximum absolute atomic E-state index is 13.3. The van der Waals surface area contributed by atoms with E-state index in [0.29, 0.717) is 182 Å². The van der Waals surface area contributed by atoms with Gasteiger partial charge in [-0.3, -0.25) is 33.7 Å². The van der Waals surface area contributed by atoms with Crippen LogP contribution < -0.4 is 79.4 Å². The summed E-state index contributed by atoms with van der Waals surface area (Å²) in [5, 5.41) is 25.7. The summed E-state index contributed by atoms with van der Waals surface area (Å²) in [5.74, 6) is 3.97.